The molecule has 0 saturated heterocycles. The van der Waals surface area contributed by atoms with Gasteiger partial charge in [0.15, 0.2) is 0 Å². The van der Waals surface area contributed by atoms with Crippen LogP contribution in [0.1, 0.15) is 18.0 Å². The standard InChI is InChI=1S/C22H25BrN4O3/c1-26(2)20(15-5-4-6-17(11-15)30-3)13-24-21(28)9-10-27-14-25-19-8-7-16(23)12-18(19)22(27)29/h4-8,11-12,14,20H,9-10,13H2,1-3H3,(H,24,28). The molecule has 1 atom stereocenters. The van der Waals surface area contributed by atoms with Gasteiger partial charge in [0.1, 0.15) is 5.75 Å². The molecular formula is C22H25BrN4O3. The number of likely N-dealkylation sites (N-methyl/N-ethyl adjacent to an activating group) is 1. The molecule has 1 unspecified atom stereocenters. The van der Waals surface area contributed by atoms with E-state index in [1.807, 2.05) is 49.3 Å². The average molecular weight is 473 g/mol. The van der Waals surface area contributed by atoms with E-state index < -0.39 is 0 Å². The van der Waals surface area contributed by atoms with Gasteiger partial charge in [-0.05, 0) is 50.0 Å². The first-order valence-corrected chi connectivity index (χ1v) is 10.4. The number of aryl methyl sites for hydroxylation is 1. The van der Waals surface area contributed by atoms with Gasteiger partial charge in [0.25, 0.3) is 5.56 Å². The Hall–Kier alpha value is -2.71. The number of benzene rings is 2. The Labute approximate surface area is 183 Å². The fourth-order valence-electron chi connectivity index (χ4n) is 3.26. The van der Waals surface area contributed by atoms with Crippen molar-refractivity contribution in [1.29, 1.82) is 0 Å². The van der Waals surface area contributed by atoms with Crippen molar-refractivity contribution in [2.45, 2.75) is 19.0 Å². The summed E-state index contributed by atoms with van der Waals surface area (Å²) in [7, 11) is 5.57. The van der Waals surface area contributed by atoms with Crippen molar-refractivity contribution in [3.63, 3.8) is 0 Å². The van der Waals surface area contributed by atoms with Crippen LogP contribution in [-0.4, -0.2) is 48.1 Å². The molecule has 1 aromatic heterocycles. The number of carbonyl (C=O) groups excluding carboxylic acids is 1. The maximum absolute atomic E-state index is 12.6. The molecule has 2 aromatic carbocycles. The summed E-state index contributed by atoms with van der Waals surface area (Å²) >= 11 is 3.38. The van der Waals surface area contributed by atoms with Crippen molar-refractivity contribution in [1.82, 2.24) is 19.8 Å². The topological polar surface area (TPSA) is 76.5 Å². The van der Waals surface area contributed by atoms with Gasteiger partial charge >= 0.3 is 0 Å². The molecule has 0 spiro atoms. The van der Waals surface area contributed by atoms with E-state index in [9.17, 15) is 9.59 Å². The van der Waals surface area contributed by atoms with Crippen LogP contribution in [0.5, 0.6) is 5.75 Å². The molecule has 1 amide bonds. The number of amides is 1. The Balaban J connectivity index is 1.63. The first-order chi connectivity index (χ1) is 14.4. The second-order valence-electron chi connectivity index (χ2n) is 7.21. The fourth-order valence-corrected chi connectivity index (χ4v) is 3.62. The van der Waals surface area contributed by atoms with E-state index in [0.29, 0.717) is 17.4 Å². The number of methoxy groups -OCH3 is 1. The molecule has 30 heavy (non-hydrogen) atoms. The Morgan fingerprint density at radius 1 is 1.27 bits per heavy atom. The minimum Gasteiger partial charge on any atom is -0.497 e. The summed E-state index contributed by atoms with van der Waals surface area (Å²) in [6.07, 6.45) is 1.68. The summed E-state index contributed by atoms with van der Waals surface area (Å²) in [5, 5.41) is 3.50. The number of rotatable bonds is 8. The second-order valence-corrected chi connectivity index (χ2v) is 8.13. The molecule has 0 aliphatic heterocycles. The lowest BCUT2D eigenvalue weighted by molar-refractivity contribution is -0.121. The Morgan fingerprint density at radius 2 is 2.07 bits per heavy atom. The lowest BCUT2D eigenvalue weighted by Gasteiger charge is -2.25. The van der Waals surface area contributed by atoms with Gasteiger partial charge in [-0.3, -0.25) is 14.2 Å². The van der Waals surface area contributed by atoms with Gasteiger partial charge in [0.2, 0.25) is 5.91 Å². The van der Waals surface area contributed by atoms with E-state index in [0.717, 1.165) is 15.8 Å². The van der Waals surface area contributed by atoms with E-state index >= 15 is 0 Å². The van der Waals surface area contributed by atoms with Gasteiger partial charge in [0, 0.05) is 24.0 Å². The van der Waals surface area contributed by atoms with E-state index in [1.54, 1.807) is 19.2 Å². The zero-order valence-corrected chi connectivity index (χ0v) is 18.8. The number of halogens is 1. The molecule has 1 N–H and O–H groups in total. The van der Waals surface area contributed by atoms with Crippen molar-refractivity contribution in [3.05, 3.63) is 69.2 Å². The molecule has 7 nitrogen and oxygen atoms in total. The predicted octanol–water partition coefficient (Wildman–Crippen LogP) is 2.98. The molecule has 0 bridgehead atoms. The molecule has 3 aromatic rings. The van der Waals surface area contributed by atoms with Crippen molar-refractivity contribution in [2.24, 2.45) is 0 Å². The molecular weight excluding hydrogens is 448 g/mol. The maximum Gasteiger partial charge on any atom is 0.261 e. The molecule has 0 fully saturated rings. The number of nitrogens with zero attached hydrogens (tertiary/aromatic N) is 3. The Bertz CT molecular complexity index is 1100. The van der Waals surface area contributed by atoms with Crippen LogP contribution in [0.3, 0.4) is 0 Å². The smallest absolute Gasteiger partial charge is 0.261 e. The van der Waals surface area contributed by atoms with Crippen LogP contribution in [0, 0.1) is 0 Å². The summed E-state index contributed by atoms with van der Waals surface area (Å²) in [6.45, 7) is 0.725. The van der Waals surface area contributed by atoms with Crippen LogP contribution in [0.2, 0.25) is 0 Å². The highest BCUT2D eigenvalue weighted by atomic mass is 79.9. The van der Waals surface area contributed by atoms with E-state index in [2.05, 4.69) is 26.2 Å². The van der Waals surface area contributed by atoms with Gasteiger partial charge in [-0.25, -0.2) is 4.98 Å². The summed E-state index contributed by atoms with van der Waals surface area (Å²) in [4.78, 5) is 31.4. The molecule has 1 heterocycles. The first kappa shape index (κ1) is 22.0. The Kier molecular flexibility index (Phi) is 7.23. The summed E-state index contributed by atoms with van der Waals surface area (Å²) in [5.74, 6) is 0.659. The van der Waals surface area contributed by atoms with Crippen LogP contribution in [0.25, 0.3) is 10.9 Å². The molecule has 0 radical (unpaired) electrons. The normalized spacial score (nSPS) is 12.2. The predicted molar refractivity (Wildman–Crippen MR) is 121 cm³/mol. The van der Waals surface area contributed by atoms with Crippen molar-refractivity contribution in [3.8, 4) is 5.75 Å². The zero-order valence-electron chi connectivity index (χ0n) is 17.3. The number of ether oxygens (including phenoxy) is 1. The third kappa shape index (κ3) is 5.25. The lowest BCUT2D eigenvalue weighted by atomic mass is 10.1. The summed E-state index contributed by atoms with van der Waals surface area (Å²) < 4.78 is 7.59. The number of hydrogen-bond acceptors (Lipinski definition) is 5. The molecule has 3 rings (SSSR count). The lowest BCUT2D eigenvalue weighted by Crippen LogP contribution is -2.35. The van der Waals surface area contributed by atoms with Crippen LogP contribution >= 0.6 is 15.9 Å². The summed E-state index contributed by atoms with van der Waals surface area (Å²) in [6, 6.07) is 13.2. The molecule has 158 valence electrons. The first-order valence-electron chi connectivity index (χ1n) is 9.61. The van der Waals surface area contributed by atoms with E-state index in [-0.39, 0.29) is 30.5 Å². The number of carbonyl (C=O) groups is 1. The van der Waals surface area contributed by atoms with E-state index in [1.165, 1.54) is 10.9 Å². The van der Waals surface area contributed by atoms with Gasteiger partial charge in [0.05, 0.1) is 30.4 Å². The number of aromatic nitrogens is 2. The highest BCUT2D eigenvalue weighted by Crippen LogP contribution is 2.22. The molecule has 0 saturated carbocycles. The minimum atomic E-state index is -0.156. The highest BCUT2D eigenvalue weighted by molar-refractivity contribution is 9.10. The van der Waals surface area contributed by atoms with Gasteiger partial charge in [-0.15, -0.1) is 0 Å². The third-order valence-corrected chi connectivity index (χ3v) is 5.45. The van der Waals surface area contributed by atoms with Crippen molar-refractivity contribution in [2.75, 3.05) is 27.7 Å². The maximum atomic E-state index is 12.6. The fraction of sp³-hybridized carbons (Fsp3) is 0.318. The second kappa shape index (κ2) is 9.86. The monoisotopic (exact) mass is 472 g/mol. The van der Waals surface area contributed by atoms with Crippen molar-refractivity contribution >= 4 is 32.7 Å². The van der Waals surface area contributed by atoms with E-state index in [4.69, 9.17) is 4.74 Å². The quantitative estimate of drug-likeness (QED) is 0.545. The molecule has 0 aliphatic rings. The van der Waals surface area contributed by atoms with Crippen LogP contribution < -0.4 is 15.6 Å². The zero-order chi connectivity index (χ0) is 21.7. The highest BCUT2D eigenvalue weighted by Gasteiger charge is 2.16. The van der Waals surface area contributed by atoms with Gasteiger partial charge in [-0.1, -0.05) is 28.1 Å². The number of fused-ring (bicyclic) bond motifs is 1. The minimum absolute atomic E-state index is 0.00598. The van der Waals surface area contributed by atoms with Crippen LogP contribution in [-0.2, 0) is 11.3 Å². The van der Waals surface area contributed by atoms with Gasteiger partial charge in [-0.2, -0.15) is 0 Å². The third-order valence-electron chi connectivity index (χ3n) is 4.96. The van der Waals surface area contributed by atoms with Gasteiger partial charge < -0.3 is 15.0 Å². The van der Waals surface area contributed by atoms with Crippen LogP contribution in [0.15, 0.2) is 58.1 Å². The average Bonchev–Trinajstić information content (AvgIpc) is 2.73. The number of hydrogen-bond donors (Lipinski definition) is 1. The molecule has 0 aliphatic carbocycles. The molecule has 8 heteroatoms. The summed E-state index contributed by atoms with van der Waals surface area (Å²) in [5.41, 5.74) is 1.54. The number of nitrogens with one attached hydrogen (secondary N) is 1. The largest absolute Gasteiger partial charge is 0.497 e. The SMILES string of the molecule is COc1cccc(C(CNC(=O)CCn2cnc3ccc(Br)cc3c2=O)N(C)C)c1. The van der Waals surface area contributed by atoms with Crippen LogP contribution in [0.4, 0.5) is 0 Å². The Morgan fingerprint density at radius 3 is 2.80 bits per heavy atom. The van der Waals surface area contributed by atoms with Crippen molar-refractivity contribution < 1.29 is 9.53 Å².